The van der Waals surface area contributed by atoms with Gasteiger partial charge in [0, 0.05) is 7.59 Å². The Morgan fingerprint density at radius 1 is 0.938 bits per heavy atom. The van der Waals surface area contributed by atoms with E-state index in [2.05, 4.69) is 70.4 Å². The molecular formula is C14H26Si2. The molecule has 0 aliphatic carbocycles. The van der Waals surface area contributed by atoms with Crippen molar-refractivity contribution in [1.82, 2.24) is 0 Å². The summed E-state index contributed by atoms with van der Waals surface area (Å²) < 4.78 is 0. The molecule has 0 heterocycles. The van der Waals surface area contributed by atoms with E-state index in [0.717, 1.165) is 5.92 Å². The van der Waals surface area contributed by atoms with Gasteiger partial charge in [-0.3, -0.25) is 0 Å². The highest BCUT2D eigenvalue weighted by atomic mass is 29.3. The van der Waals surface area contributed by atoms with Crippen LogP contribution in [0.15, 0.2) is 30.3 Å². The zero-order valence-corrected chi connectivity index (χ0v) is 13.7. The van der Waals surface area contributed by atoms with E-state index >= 15 is 0 Å². The normalized spacial score (nSPS) is 13.2. The first-order chi connectivity index (χ1) is 7.27. The fourth-order valence-electron chi connectivity index (χ4n) is 2.52. The smallest absolute Gasteiger partial charge is 0.0710 e. The summed E-state index contributed by atoms with van der Waals surface area (Å²) in [6.07, 6.45) is 0. The van der Waals surface area contributed by atoms with Gasteiger partial charge >= 0.3 is 0 Å². The van der Waals surface area contributed by atoms with Crippen LogP contribution in [0, 0.1) is 5.92 Å². The minimum atomic E-state index is -1.23. The molecule has 0 amide bonds. The molecule has 0 nitrogen and oxygen atoms in total. The topological polar surface area (TPSA) is 0 Å². The summed E-state index contributed by atoms with van der Waals surface area (Å²) in [7, 11) is -2.33. The molecule has 0 saturated carbocycles. The first kappa shape index (κ1) is 13.7. The highest BCUT2D eigenvalue weighted by molar-refractivity contribution is 7.45. The molecule has 90 valence electrons. The maximum atomic E-state index is 2.59. The van der Waals surface area contributed by atoms with Gasteiger partial charge in [0.1, 0.15) is 0 Å². The first-order valence-corrected chi connectivity index (χ1v) is 13.5. The van der Waals surface area contributed by atoms with Crippen LogP contribution in [0.2, 0.25) is 32.2 Å². The maximum absolute atomic E-state index is 2.59. The van der Waals surface area contributed by atoms with Crippen molar-refractivity contribution in [2.75, 3.05) is 0 Å². The summed E-state index contributed by atoms with van der Waals surface area (Å²) in [5.41, 5.74) is 0. The Hall–Kier alpha value is -0.346. The van der Waals surface area contributed by atoms with Gasteiger partial charge in [0.25, 0.3) is 0 Å². The van der Waals surface area contributed by atoms with Gasteiger partial charge in [-0.05, 0) is 5.92 Å². The summed E-state index contributed by atoms with van der Waals surface area (Å²) in [5, 5.41) is 1.65. The molecule has 0 spiro atoms. The third-order valence-electron chi connectivity index (χ3n) is 4.11. The SMILES string of the molecule is CC(C)C[Si](C)(C)[Si](C)(C)c1ccccc1. The maximum Gasteiger partial charge on any atom is 0.0739 e. The molecule has 0 aliphatic rings. The highest BCUT2D eigenvalue weighted by Gasteiger charge is 2.41. The highest BCUT2D eigenvalue weighted by Crippen LogP contribution is 2.26. The Bertz CT molecular complexity index is 326. The van der Waals surface area contributed by atoms with E-state index in [1.807, 2.05) is 0 Å². The van der Waals surface area contributed by atoms with Gasteiger partial charge in [-0.15, -0.1) is 0 Å². The fourth-order valence-corrected chi connectivity index (χ4v) is 12.5. The molecule has 0 aliphatic heterocycles. The Balaban J connectivity index is 3.01. The fraction of sp³-hybridized carbons (Fsp3) is 0.571. The van der Waals surface area contributed by atoms with Crippen LogP contribution in [0.3, 0.4) is 0 Å². The first-order valence-electron chi connectivity index (χ1n) is 6.33. The summed E-state index contributed by atoms with van der Waals surface area (Å²) in [5.74, 6) is 0.845. The van der Waals surface area contributed by atoms with Gasteiger partial charge < -0.3 is 0 Å². The predicted octanol–water partition coefficient (Wildman–Crippen LogP) is 4.04. The lowest BCUT2D eigenvalue weighted by molar-refractivity contribution is 0.724. The van der Waals surface area contributed by atoms with Crippen molar-refractivity contribution in [3.63, 3.8) is 0 Å². The number of rotatable bonds is 4. The van der Waals surface area contributed by atoms with E-state index < -0.39 is 15.2 Å². The van der Waals surface area contributed by atoms with Crippen molar-refractivity contribution in [2.24, 2.45) is 5.92 Å². The molecule has 0 unspecified atom stereocenters. The Kier molecular flexibility index (Phi) is 4.19. The Labute approximate surface area is 103 Å². The van der Waals surface area contributed by atoms with Crippen molar-refractivity contribution in [2.45, 2.75) is 46.1 Å². The van der Waals surface area contributed by atoms with Crippen LogP contribution in [0.4, 0.5) is 0 Å². The minimum absolute atomic E-state index is 0.845. The van der Waals surface area contributed by atoms with Gasteiger partial charge in [-0.25, -0.2) is 0 Å². The Morgan fingerprint density at radius 2 is 1.44 bits per heavy atom. The second-order valence-electron chi connectivity index (χ2n) is 6.47. The number of benzene rings is 1. The van der Waals surface area contributed by atoms with Gasteiger partial charge in [0.05, 0.1) is 7.59 Å². The van der Waals surface area contributed by atoms with Crippen LogP contribution in [-0.2, 0) is 0 Å². The molecule has 1 aromatic rings. The van der Waals surface area contributed by atoms with Crippen LogP contribution in [-0.4, -0.2) is 15.2 Å². The van der Waals surface area contributed by atoms with Crippen molar-refractivity contribution in [1.29, 1.82) is 0 Å². The third-order valence-corrected chi connectivity index (χ3v) is 22.7. The molecule has 0 N–H and O–H groups in total. The number of hydrogen-bond donors (Lipinski definition) is 0. The van der Waals surface area contributed by atoms with Crippen molar-refractivity contribution < 1.29 is 0 Å². The second kappa shape index (κ2) is 4.88. The van der Waals surface area contributed by atoms with E-state index in [0.29, 0.717) is 0 Å². The van der Waals surface area contributed by atoms with Gasteiger partial charge in [-0.2, -0.15) is 0 Å². The average molecular weight is 251 g/mol. The third kappa shape index (κ3) is 2.86. The van der Waals surface area contributed by atoms with E-state index in [1.165, 1.54) is 6.04 Å². The molecule has 0 fully saturated rings. The van der Waals surface area contributed by atoms with E-state index in [1.54, 1.807) is 5.19 Å². The molecule has 2 heteroatoms. The molecular weight excluding hydrogens is 224 g/mol. The lowest BCUT2D eigenvalue weighted by Gasteiger charge is -2.40. The minimum Gasteiger partial charge on any atom is -0.0710 e. The summed E-state index contributed by atoms with van der Waals surface area (Å²) in [4.78, 5) is 0. The van der Waals surface area contributed by atoms with Gasteiger partial charge in [0.15, 0.2) is 0 Å². The zero-order valence-electron chi connectivity index (χ0n) is 11.7. The monoisotopic (exact) mass is 250 g/mol. The molecule has 1 aromatic carbocycles. The van der Waals surface area contributed by atoms with Crippen LogP contribution in [0.5, 0.6) is 0 Å². The van der Waals surface area contributed by atoms with Crippen LogP contribution in [0.1, 0.15) is 13.8 Å². The van der Waals surface area contributed by atoms with Crippen LogP contribution in [0.25, 0.3) is 0 Å². The summed E-state index contributed by atoms with van der Waals surface area (Å²) >= 11 is 0. The van der Waals surface area contributed by atoms with Crippen LogP contribution < -0.4 is 5.19 Å². The lowest BCUT2D eigenvalue weighted by Crippen LogP contribution is -2.63. The number of hydrogen-bond acceptors (Lipinski definition) is 0. The second-order valence-corrected chi connectivity index (χ2v) is 22.3. The van der Waals surface area contributed by atoms with Crippen molar-refractivity contribution in [3.05, 3.63) is 30.3 Å². The van der Waals surface area contributed by atoms with E-state index in [4.69, 9.17) is 0 Å². The van der Waals surface area contributed by atoms with Gasteiger partial charge in [0.2, 0.25) is 0 Å². The summed E-state index contributed by atoms with van der Waals surface area (Å²) in [6, 6.07) is 12.7. The quantitative estimate of drug-likeness (QED) is 0.707. The lowest BCUT2D eigenvalue weighted by atomic mass is 10.3. The molecule has 0 radical (unpaired) electrons. The molecule has 0 aromatic heterocycles. The van der Waals surface area contributed by atoms with Crippen molar-refractivity contribution in [3.8, 4) is 0 Å². The molecule has 16 heavy (non-hydrogen) atoms. The van der Waals surface area contributed by atoms with Gasteiger partial charge in [-0.1, -0.05) is 81.6 Å². The Morgan fingerprint density at radius 3 is 1.88 bits per heavy atom. The molecule has 1 rings (SSSR count). The summed E-state index contributed by atoms with van der Waals surface area (Å²) in [6.45, 7) is 15.0. The average Bonchev–Trinajstić information content (AvgIpc) is 2.17. The molecule has 0 atom stereocenters. The van der Waals surface area contributed by atoms with Crippen molar-refractivity contribution >= 4 is 20.4 Å². The largest absolute Gasteiger partial charge is 0.0739 e. The predicted molar refractivity (Wildman–Crippen MR) is 80.7 cm³/mol. The molecule has 0 saturated heterocycles. The standard InChI is InChI=1S/C14H26Si2/c1-13(2)12-15(3,4)16(5,6)14-10-8-7-9-11-14/h7-11,13H,12H2,1-6H3. The zero-order chi connectivity index (χ0) is 12.4. The van der Waals surface area contributed by atoms with E-state index in [-0.39, 0.29) is 0 Å². The van der Waals surface area contributed by atoms with Crippen LogP contribution >= 0.6 is 0 Å². The van der Waals surface area contributed by atoms with E-state index in [9.17, 15) is 0 Å². The molecule has 0 bridgehead atoms.